The number of anilines is 1. The summed E-state index contributed by atoms with van der Waals surface area (Å²) in [5.74, 6) is 0. The Bertz CT molecular complexity index is 397. The van der Waals surface area contributed by atoms with Crippen molar-refractivity contribution in [3.63, 3.8) is 0 Å². The van der Waals surface area contributed by atoms with Gasteiger partial charge in [-0.25, -0.2) is 10.4 Å². The molecule has 0 aliphatic carbocycles. The van der Waals surface area contributed by atoms with Crippen molar-refractivity contribution in [2.24, 2.45) is 0 Å². The highest BCUT2D eigenvalue weighted by atomic mass is 32.1. The molecule has 0 unspecified atom stereocenters. The van der Waals surface area contributed by atoms with Crippen LogP contribution in [0.15, 0.2) is 36.5 Å². The smallest absolute Gasteiger partial charge is 0.197 e. The van der Waals surface area contributed by atoms with Crippen LogP contribution in [0.2, 0.25) is 0 Å². The van der Waals surface area contributed by atoms with Gasteiger partial charge in [0.25, 0.3) is 0 Å². The Hall–Kier alpha value is -1.39. The summed E-state index contributed by atoms with van der Waals surface area (Å²) < 4.78 is 0. The molecule has 0 saturated carbocycles. The second kappa shape index (κ2) is 4.21. The molecule has 0 aliphatic heterocycles. The van der Waals surface area contributed by atoms with E-state index in [4.69, 9.17) is 0 Å². The van der Waals surface area contributed by atoms with E-state index in [9.17, 15) is 0 Å². The first-order valence-corrected chi connectivity index (χ1v) is 5.16. The van der Waals surface area contributed by atoms with Gasteiger partial charge in [-0.15, -0.1) is 0 Å². The highest BCUT2D eigenvalue weighted by Gasteiger charge is 2.01. The van der Waals surface area contributed by atoms with E-state index in [1.54, 1.807) is 11.3 Å². The maximum Gasteiger partial charge on any atom is 0.197 e. The van der Waals surface area contributed by atoms with Gasteiger partial charge in [0.15, 0.2) is 5.13 Å². The molecule has 0 amide bonds. The van der Waals surface area contributed by atoms with Crippen LogP contribution < -0.4 is 10.9 Å². The lowest BCUT2D eigenvalue weighted by atomic mass is 10.2. The van der Waals surface area contributed by atoms with Crippen molar-refractivity contribution in [3.8, 4) is 10.4 Å². The van der Waals surface area contributed by atoms with E-state index < -0.39 is 0 Å². The van der Waals surface area contributed by atoms with E-state index in [-0.39, 0.29) is 0 Å². The van der Waals surface area contributed by atoms with Crippen LogP contribution in [0.5, 0.6) is 0 Å². The van der Waals surface area contributed by atoms with Gasteiger partial charge in [0.1, 0.15) is 0 Å². The van der Waals surface area contributed by atoms with E-state index in [0.29, 0.717) is 0 Å². The highest BCUT2D eigenvalue weighted by molar-refractivity contribution is 7.18. The first kappa shape index (κ1) is 9.18. The van der Waals surface area contributed by atoms with Crippen LogP contribution in [0.3, 0.4) is 0 Å². The Morgan fingerprint density at radius 2 is 2.00 bits per heavy atom. The summed E-state index contributed by atoms with van der Waals surface area (Å²) in [4.78, 5) is 5.40. The monoisotopic (exact) mass is 205 g/mol. The van der Waals surface area contributed by atoms with Crippen LogP contribution in [0, 0.1) is 0 Å². The molecule has 14 heavy (non-hydrogen) atoms. The van der Waals surface area contributed by atoms with Gasteiger partial charge in [-0.05, 0) is 5.56 Å². The molecule has 0 spiro atoms. The minimum Gasteiger partial charge on any atom is -0.297 e. The largest absolute Gasteiger partial charge is 0.297 e. The molecule has 0 fully saturated rings. The number of hydrogen-bond donors (Lipinski definition) is 2. The first-order chi connectivity index (χ1) is 6.90. The summed E-state index contributed by atoms with van der Waals surface area (Å²) in [5.41, 5.74) is 7.00. The fourth-order valence-corrected chi connectivity index (χ4v) is 2.00. The number of nitrogens with one attached hydrogen (secondary N) is 2. The predicted molar refractivity (Wildman–Crippen MR) is 60.2 cm³/mol. The Kier molecular flexibility index (Phi) is 2.76. The standard InChI is InChI=1S/C10H11N3S/c1-11-13-10-12-7-9(14-10)8-5-3-2-4-6-8/h2-7,11H,1H3,(H,12,13). The van der Waals surface area contributed by atoms with Crippen molar-refractivity contribution in [3.05, 3.63) is 36.5 Å². The fourth-order valence-electron chi connectivity index (χ4n) is 1.17. The summed E-state index contributed by atoms with van der Waals surface area (Å²) in [6.07, 6.45) is 1.87. The Morgan fingerprint density at radius 1 is 1.21 bits per heavy atom. The average Bonchev–Trinajstić information content (AvgIpc) is 2.68. The molecule has 1 aromatic heterocycles. The topological polar surface area (TPSA) is 37.0 Å². The normalized spacial score (nSPS) is 10.1. The molecule has 0 bridgehead atoms. The number of nitrogens with zero attached hydrogens (tertiary/aromatic N) is 1. The molecule has 4 heteroatoms. The van der Waals surface area contributed by atoms with Gasteiger partial charge in [0.2, 0.25) is 0 Å². The predicted octanol–water partition coefficient (Wildman–Crippen LogP) is 2.36. The third-order valence-corrected chi connectivity index (χ3v) is 2.76. The second-order valence-electron chi connectivity index (χ2n) is 2.77. The zero-order valence-electron chi connectivity index (χ0n) is 7.82. The minimum atomic E-state index is 0.881. The minimum absolute atomic E-state index is 0.881. The second-order valence-corrected chi connectivity index (χ2v) is 3.80. The zero-order chi connectivity index (χ0) is 9.80. The molecule has 2 N–H and O–H groups in total. The number of benzene rings is 1. The number of aromatic nitrogens is 1. The molecule has 72 valence electrons. The molecule has 0 radical (unpaired) electrons. The van der Waals surface area contributed by atoms with Crippen molar-refractivity contribution in [1.82, 2.24) is 10.4 Å². The van der Waals surface area contributed by atoms with Crippen LogP contribution in [0.1, 0.15) is 0 Å². The summed E-state index contributed by atoms with van der Waals surface area (Å²) in [5, 5.41) is 0.881. The first-order valence-electron chi connectivity index (χ1n) is 4.34. The van der Waals surface area contributed by atoms with Crippen LogP contribution in [-0.2, 0) is 0 Å². The van der Waals surface area contributed by atoms with Crippen LogP contribution in [0.25, 0.3) is 10.4 Å². The third-order valence-electron chi connectivity index (χ3n) is 1.80. The lowest BCUT2D eigenvalue weighted by molar-refractivity contribution is 0.978. The van der Waals surface area contributed by atoms with Gasteiger partial charge < -0.3 is 0 Å². The molecule has 2 rings (SSSR count). The van der Waals surface area contributed by atoms with E-state index in [1.165, 1.54) is 10.4 Å². The lowest BCUT2D eigenvalue weighted by Crippen LogP contribution is -2.14. The van der Waals surface area contributed by atoms with Crippen LogP contribution >= 0.6 is 11.3 Å². The summed E-state index contributed by atoms with van der Waals surface area (Å²) in [6.45, 7) is 0. The van der Waals surface area contributed by atoms with Crippen LogP contribution in [-0.4, -0.2) is 12.0 Å². The Labute approximate surface area is 86.8 Å². The molecule has 1 heterocycles. The van der Waals surface area contributed by atoms with Gasteiger partial charge in [-0.3, -0.25) is 5.43 Å². The van der Waals surface area contributed by atoms with Gasteiger partial charge in [0.05, 0.1) is 4.88 Å². The van der Waals surface area contributed by atoms with Crippen LogP contribution in [0.4, 0.5) is 5.13 Å². The Balaban J connectivity index is 2.25. The highest BCUT2D eigenvalue weighted by Crippen LogP contribution is 2.27. The van der Waals surface area contributed by atoms with E-state index in [0.717, 1.165) is 5.13 Å². The number of hydrogen-bond acceptors (Lipinski definition) is 4. The number of rotatable bonds is 3. The summed E-state index contributed by atoms with van der Waals surface area (Å²) >= 11 is 1.63. The molecule has 0 aliphatic rings. The SMILES string of the molecule is CNNc1ncc(-c2ccccc2)s1. The molecule has 1 aromatic carbocycles. The van der Waals surface area contributed by atoms with Gasteiger partial charge in [0, 0.05) is 13.2 Å². The van der Waals surface area contributed by atoms with Crippen molar-refractivity contribution in [1.29, 1.82) is 0 Å². The van der Waals surface area contributed by atoms with Crippen molar-refractivity contribution >= 4 is 16.5 Å². The van der Waals surface area contributed by atoms with Crippen molar-refractivity contribution in [2.45, 2.75) is 0 Å². The quantitative estimate of drug-likeness (QED) is 0.755. The molecule has 3 nitrogen and oxygen atoms in total. The molecule has 0 saturated heterocycles. The van der Waals surface area contributed by atoms with E-state index in [1.807, 2.05) is 31.4 Å². The maximum absolute atomic E-state index is 4.23. The molecule has 2 aromatic rings. The van der Waals surface area contributed by atoms with Crippen molar-refractivity contribution < 1.29 is 0 Å². The van der Waals surface area contributed by atoms with E-state index in [2.05, 4.69) is 28.0 Å². The summed E-state index contributed by atoms with van der Waals surface area (Å²) in [6, 6.07) is 10.2. The van der Waals surface area contributed by atoms with Crippen molar-refractivity contribution in [2.75, 3.05) is 12.5 Å². The maximum atomic E-state index is 4.23. The zero-order valence-corrected chi connectivity index (χ0v) is 8.64. The molecular weight excluding hydrogens is 194 g/mol. The van der Waals surface area contributed by atoms with E-state index >= 15 is 0 Å². The molecule has 0 atom stereocenters. The third kappa shape index (κ3) is 1.92. The fraction of sp³-hybridized carbons (Fsp3) is 0.100. The number of hydrazine groups is 1. The molecular formula is C10H11N3S. The Morgan fingerprint density at radius 3 is 2.71 bits per heavy atom. The average molecular weight is 205 g/mol. The summed E-state index contributed by atoms with van der Waals surface area (Å²) in [7, 11) is 1.82. The number of thiazole rings is 1. The lowest BCUT2D eigenvalue weighted by Gasteiger charge is -1.96. The van der Waals surface area contributed by atoms with Gasteiger partial charge in [-0.1, -0.05) is 41.7 Å². The van der Waals surface area contributed by atoms with Gasteiger partial charge >= 0.3 is 0 Å². The van der Waals surface area contributed by atoms with Gasteiger partial charge in [-0.2, -0.15) is 0 Å².